The van der Waals surface area contributed by atoms with E-state index < -0.39 is 12.7 Å². The molecular formula is C16H15F2NO3. The molecule has 22 heavy (non-hydrogen) atoms. The van der Waals surface area contributed by atoms with Crippen molar-refractivity contribution >= 4 is 11.6 Å². The number of benzene rings is 2. The zero-order valence-electron chi connectivity index (χ0n) is 11.8. The van der Waals surface area contributed by atoms with Crippen molar-refractivity contribution in [3.63, 3.8) is 0 Å². The molecule has 2 aromatic carbocycles. The summed E-state index contributed by atoms with van der Waals surface area (Å²) in [5, 5.41) is 2.64. The van der Waals surface area contributed by atoms with Crippen LogP contribution in [0.4, 0.5) is 14.5 Å². The van der Waals surface area contributed by atoms with E-state index in [-0.39, 0.29) is 11.7 Å². The Bertz CT molecular complexity index is 603. The molecule has 0 unspecified atom stereocenters. The number of para-hydroxylation sites is 1. The van der Waals surface area contributed by atoms with Gasteiger partial charge in [0.2, 0.25) is 0 Å². The maximum Gasteiger partial charge on any atom is 0.387 e. The third kappa shape index (κ3) is 4.73. The fourth-order valence-corrected chi connectivity index (χ4v) is 1.72. The van der Waals surface area contributed by atoms with Crippen LogP contribution in [0.5, 0.6) is 11.5 Å². The Labute approximate surface area is 126 Å². The summed E-state index contributed by atoms with van der Waals surface area (Å²) in [6, 6.07) is 14.6. The molecule has 0 radical (unpaired) electrons. The van der Waals surface area contributed by atoms with Gasteiger partial charge in [-0.3, -0.25) is 4.79 Å². The molecule has 0 heterocycles. The van der Waals surface area contributed by atoms with Gasteiger partial charge in [-0.1, -0.05) is 18.2 Å². The first-order valence-electron chi connectivity index (χ1n) is 6.62. The lowest BCUT2D eigenvalue weighted by Gasteiger charge is -2.15. The Kier molecular flexibility index (Phi) is 5.30. The van der Waals surface area contributed by atoms with E-state index >= 15 is 0 Å². The Balaban J connectivity index is 1.90. The molecule has 1 amide bonds. The van der Waals surface area contributed by atoms with Crippen molar-refractivity contribution < 1.29 is 23.0 Å². The fraction of sp³-hybridized carbons (Fsp3) is 0.188. The molecule has 116 valence electrons. The molecule has 6 heteroatoms. The Hall–Kier alpha value is -2.63. The smallest absolute Gasteiger partial charge is 0.387 e. The molecule has 2 rings (SSSR count). The van der Waals surface area contributed by atoms with E-state index in [0.29, 0.717) is 11.4 Å². The van der Waals surface area contributed by atoms with E-state index in [2.05, 4.69) is 10.1 Å². The summed E-state index contributed by atoms with van der Waals surface area (Å²) in [5.74, 6) is 0.277. The van der Waals surface area contributed by atoms with Gasteiger partial charge < -0.3 is 14.8 Å². The predicted octanol–water partition coefficient (Wildman–Crippen LogP) is 3.69. The first-order chi connectivity index (χ1) is 10.5. The van der Waals surface area contributed by atoms with Gasteiger partial charge in [0.15, 0.2) is 6.10 Å². The molecule has 2 aromatic rings. The van der Waals surface area contributed by atoms with Crippen molar-refractivity contribution in [1.29, 1.82) is 0 Å². The quantitative estimate of drug-likeness (QED) is 0.885. The summed E-state index contributed by atoms with van der Waals surface area (Å²) in [7, 11) is 0. The summed E-state index contributed by atoms with van der Waals surface area (Å²) in [5.41, 5.74) is 0.468. The number of carbonyl (C=O) groups excluding carboxylic acids is 1. The van der Waals surface area contributed by atoms with E-state index in [0.717, 1.165) is 0 Å². The molecule has 0 aliphatic heterocycles. The second kappa shape index (κ2) is 7.40. The van der Waals surface area contributed by atoms with Crippen LogP contribution in [0.2, 0.25) is 0 Å². The van der Waals surface area contributed by atoms with E-state index in [4.69, 9.17) is 4.74 Å². The van der Waals surface area contributed by atoms with Crippen molar-refractivity contribution in [2.24, 2.45) is 0 Å². The lowest BCUT2D eigenvalue weighted by molar-refractivity contribution is -0.122. The standard InChI is InChI=1S/C16H15F2NO3/c1-11(21-13-5-3-2-4-6-13)15(20)19-12-7-9-14(10-8-12)22-16(17)18/h2-11,16H,1H3,(H,19,20)/t11-/m1/s1. The summed E-state index contributed by atoms with van der Waals surface area (Å²) in [6.45, 7) is -1.25. The predicted molar refractivity (Wildman–Crippen MR) is 78.2 cm³/mol. The summed E-state index contributed by atoms with van der Waals surface area (Å²) < 4.78 is 33.8. The molecule has 0 aliphatic rings. The number of nitrogens with one attached hydrogen (secondary N) is 1. The molecule has 0 aliphatic carbocycles. The highest BCUT2D eigenvalue weighted by atomic mass is 19.3. The van der Waals surface area contributed by atoms with Crippen molar-refractivity contribution in [2.45, 2.75) is 19.6 Å². The van der Waals surface area contributed by atoms with Gasteiger partial charge in [0.1, 0.15) is 11.5 Å². The minimum Gasteiger partial charge on any atom is -0.481 e. The van der Waals surface area contributed by atoms with Crippen molar-refractivity contribution in [3.05, 3.63) is 54.6 Å². The van der Waals surface area contributed by atoms with Gasteiger partial charge in [-0.25, -0.2) is 0 Å². The Morgan fingerprint density at radius 3 is 2.14 bits per heavy atom. The van der Waals surface area contributed by atoms with Crippen molar-refractivity contribution in [1.82, 2.24) is 0 Å². The fourth-order valence-electron chi connectivity index (χ4n) is 1.72. The maximum absolute atomic E-state index is 12.0. The minimum atomic E-state index is -2.88. The van der Waals surface area contributed by atoms with E-state index in [1.165, 1.54) is 24.3 Å². The summed E-state index contributed by atoms with van der Waals surface area (Å²) in [6.07, 6.45) is -0.695. The number of halogens is 2. The van der Waals surface area contributed by atoms with Crippen LogP contribution in [0.3, 0.4) is 0 Å². The van der Waals surface area contributed by atoms with Crippen LogP contribution in [0.25, 0.3) is 0 Å². The molecule has 4 nitrogen and oxygen atoms in total. The number of alkyl halides is 2. The van der Waals surface area contributed by atoms with Gasteiger partial charge in [0.25, 0.3) is 5.91 Å². The van der Waals surface area contributed by atoms with Crippen LogP contribution in [0.15, 0.2) is 54.6 Å². The number of rotatable bonds is 6. The zero-order chi connectivity index (χ0) is 15.9. The number of carbonyl (C=O) groups is 1. The van der Waals surface area contributed by atoms with Gasteiger partial charge in [-0.05, 0) is 43.3 Å². The number of amides is 1. The zero-order valence-corrected chi connectivity index (χ0v) is 11.8. The van der Waals surface area contributed by atoms with Crippen LogP contribution in [0.1, 0.15) is 6.92 Å². The average Bonchev–Trinajstić information content (AvgIpc) is 2.49. The summed E-state index contributed by atoms with van der Waals surface area (Å²) in [4.78, 5) is 12.0. The first-order valence-corrected chi connectivity index (χ1v) is 6.62. The first kappa shape index (κ1) is 15.8. The van der Waals surface area contributed by atoms with Gasteiger partial charge in [-0.2, -0.15) is 8.78 Å². The molecule has 0 aromatic heterocycles. The second-order valence-electron chi connectivity index (χ2n) is 4.47. The lowest BCUT2D eigenvalue weighted by atomic mass is 10.2. The highest BCUT2D eigenvalue weighted by Crippen LogP contribution is 2.18. The van der Waals surface area contributed by atoms with Crippen molar-refractivity contribution in [2.75, 3.05) is 5.32 Å². The Morgan fingerprint density at radius 2 is 1.55 bits per heavy atom. The number of hydrogen-bond acceptors (Lipinski definition) is 3. The van der Waals surface area contributed by atoms with Gasteiger partial charge in [-0.15, -0.1) is 0 Å². The largest absolute Gasteiger partial charge is 0.481 e. The number of anilines is 1. The van der Waals surface area contributed by atoms with E-state index in [9.17, 15) is 13.6 Å². The molecule has 0 saturated carbocycles. The third-order valence-corrected chi connectivity index (χ3v) is 2.77. The van der Waals surface area contributed by atoms with Gasteiger partial charge in [0, 0.05) is 5.69 Å². The number of hydrogen-bond donors (Lipinski definition) is 1. The van der Waals surface area contributed by atoms with Crippen LogP contribution < -0.4 is 14.8 Å². The second-order valence-corrected chi connectivity index (χ2v) is 4.47. The van der Waals surface area contributed by atoms with Crippen LogP contribution in [0, 0.1) is 0 Å². The van der Waals surface area contributed by atoms with E-state index in [1.54, 1.807) is 19.1 Å². The molecule has 0 spiro atoms. The summed E-state index contributed by atoms with van der Waals surface area (Å²) >= 11 is 0. The molecule has 1 N–H and O–H groups in total. The van der Waals surface area contributed by atoms with Gasteiger partial charge >= 0.3 is 6.61 Å². The van der Waals surface area contributed by atoms with Crippen molar-refractivity contribution in [3.8, 4) is 11.5 Å². The van der Waals surface area contributed by atoms with Crippen LogP contribution >= 0.6 is 0 Å². The lowest BCUT2D eigenvalue weighted by Crippen LogP contribution is -2.30. The highest BCUT2D eigenvalue weighted by molar-refractivity contribution is 5.94. The monoisotopic (exact) mass is 307 g/mol. The highest BCUT2D eigenvalue weighted by Gasteiger charge is 2.15. The molecule has 0 fully saturated rings. The van der Waals surface area contributed by atoms with Crippen LogP contribution in [-0.2, 0) is 4.79 Å². The normalized spacial score (nSPS) is 11.8. The Morgan fingerprint density at radius 1 is 0.955 bits per heavy atom. The average molecular weight is 307 g/mol. The third-order valence-electron chi connectivity index (χ3n) is 2.77. The van der Waals surface area contributed by atoms with Crippen LogP contribution in [-0.4, -0.2) is 18.6 Å². The molecule has 1 atom stereocenters. The molecule has 0 saturated heterocycles. The molecule has 0 bridgehead atoms. The van der Waals surface area contributed by atoms with Gasteiger partial charge in [0.05, 0.1) is 0 Å². The maximum atomic E-state index is 12.0. The molecular weight excluding hydrogens is 292 g/mol. The number of ether oxygens (including phenoxy) is 2. The SMILES string of the molecule is C[C@@H](Oc1ccccc1)C(=O)Nc1ccc(OC(F)F)cc1. The topological polar surface area (TPSA) is 47.6 Å². The van der Waals surface area contributed by atoms with E-state index in [1.807, 2.05) is 18.2 Å². The minimum absolute atomic E-state index is 0.0292.